The van der Waals surface area contributed by atoms with Crippen molar-refractivity contribution < 1.29 is 4.79 Å². The zero-order valence-electron chi connectivity index (χ0n) is 12.7. The number of benzene rings is 2. The maximum absolute atomic E-state index is 12.4. The summed E-state index contributed by atoms with van der Waals surface area (Å²) < 4.78 is 0.899. The molecule has 2 rings (SSSR count). The van der Waals surface area contributed by atoms with Gasteiger partial charge in [-0.3, -0.25) is 4.79 Å². The molecule has 1 N–H and O–H groups in total. The molecular formula is C17H19BrN2O. The van der Waals surface area contributed by atoms with Crippen LogP contribution in [0.5, 0.6) is 0 Å². The summed E-state index contributed by atoms with van der Waals surface area (Å²) in [7, 11) is 3.98. The van der Waals surface area contributed by atoms with Crippen molar-refractivity contribution in [3.8, 4) is 0 Å². The van der Waals surface area contributed by atoms with E-state index in [0.717, 1.165) is 21.4 Å². The second-order valence-corrected chi connectivity index (χ2v) is 6.22. The minimum atomic E-state index is -0.0950. The summed E-state index contributed by atoms with van der Waals surface area (Å²) in [6.07, 6.45) is 0. The van der Waals surface area contributed by atoms with Crippen LogP contribution in [-0.4, -0.2) is 20.0 Å². The topological polar surface area (TPSA) is 32.3 Å². The van der Waals surface area contributed by atoms with Crippen LogP contribution in [0.25, 0.3) is 0 Å². The highest BCUT2D eigenvalue weighted by Crippen LogP contribution is 2.24. The van der Waals surface area contributed by atoms with Crippen molar-refractivity contribution in [2.75, 3.05) is 24.3 Å². The Morgan fingerprint density at radius 1 is 1.05 bits per heavy atom. The van der Waals surface area contributed by atoms with Crippen molar-refractivity contribution in [1.29, 1.82) is 0 Å². The van der Waals surface area contributed by atoms with E-state index in [-0.39, 0.29) is 5.91 Å². The molecule has 0 aliphatic carbocycles. The Morgan fingerprint density at radius 3 is 2.38 bits per heavy atom. The minimum absolute atomic E-state index is 0.0950. The number of nitrogens with one attached hydrogen (secondary N) is 1. The molecule has 110 valence electrons. The summed E-state index contributed by atoms with van der Waals surface area (Å²) in [4.78, 5) is 14.4. The third kappa shape index (κ3) is 3.64. The van der Waals surface area contributed by atoms with Crippen molar-refractivity contribution in [2.45, 2.75) is 13.8 Å². The fourth-order valence-electron chi connectivity index (χ4n) is 2.21. The number of hydrogen-bond acceptors (Lipinski definition) is 2. The van der Waals surface area contributed by atoms with E-state index >= 15 is 0 Å². The SMILES string of the molecule is Cc1ccc(Br)cc1C(=O)Nc1ccc(C)c(N(C)C)c1. The molecule has 0 fully saturated rings. The van der Waals surface area contributed by atoms with Gasteiger partial charge in [0.2, 0.25) is 0 Å². The van der Waals surface area contributed by atoms with Gasteiger partial charge in [-0.15, -0.1) is 0 Å². The number of nitrogens with zero attached hydrogens (tertiary/aromatic N) is 1. The summed E-state index contributed by atoms with van der Waals surface area (Å²) in [5.41, 5.74) is 4.70. The van der Waals surface area contributed by atoms with Gasteiger partial charge in [0.25, 0.3) is 5.91 Å². The third-order valence-corrected chi connectivity index (χ3v) is 3.89. The van der Waals surface area contributed by atoms with Gasteiger partial charge in [0.05, 0.1) is 0 Å². The predicted molar refractivity (Wildman–Crippen MR) is 92.3 cm³/mol. The van der Waals surface area contributed by atoms with Crippen LogP contribution < -0.4 is 10.2 Å². The average molecular weight is 347 g/mol. The predicted octanol–water partition coefficient (Wildman–Crippen LogP) is 4.38. The zero-order chi connectivity index (χ0) is 15.6. The summed E-state index contributed by atoms with van der Waals surface area (Å²) in [6, 6.07) is 11.6. The fourth-order valence-corrected chi connectivity index (χ4v) is 2.57. The van der Waals surface area contributed by atoms with E-state index in [9.17, 15) is 4.79 Å². The lowest BCUT2D eigenvalue weighted by Crippen LogP contribution is -2.15. The molecule has 0 aliphatic rings. The van der Waals surface area contributed by atoms with Gasteiger partial charge in [0.1, 0.15) is 0 Å². The summed E-state index contributed by atoms with van der Waals surface area (Å²) in [6.45, 7) is 3.99. The van der Waals surface area contributed by atoms with Crippen molar-refractivity contribution in [3.63, 3.8) is 0 Å². The van der Waals surface area contributed by atoms with Crippen LogP contribution in [0.3, 0.4) is 0 Å². The van der Waals surface area contributed by atoms with Gasteiger partial charge in [-0.2, -0.15) is 0 Å². The first-order chi connectivity index (χ1) is 9.88. The number of hydrogen-bond donors (Lipinski definition) is 1. The van der Waals surface area contributed by atoms with Crippen molar-refractivity contribution >= 4 is 33.2 Å². The van der Waals surface area contributed by atoms with Crippen LogP contribution in [0.2, 0.25) is 0 Å². The molecule has 4 heteroatoms. The van der Waals surface area contributed by atoms with Crippen LogP contribution in [-0.2, 0) is 0 Å². The molecule has 3 nitrogen and oxygen atoms in total. The van der Waals surface area contributed by atoms with Gasteiger partial charge in [0.15, 0.2) is 0 Å². The smallest absolute Gasteiger partial charge is 0.255 e. The van der Waals surface area contributed by atoms with Gasteiger partial charge < -0.3 is 10.2 Å². The lowest BCUT2D eigenvalue weighted by Gasteiger charge is -2.17. The summed E-state index contributed by atoms with van der Waals surface area (Å²) in [5, 5.41) is 2.96. The minimum Gasteiger partial charge on any atom is -0.377 e. The maximum atomic E-state index is 12.4. The highest BCUT2D eigenvalue weighted by Gasteiger charge is 2.11. The molecule has 0 atom stereocenters. The molecule has 0 aromatic heterocycles. The largest absolute Gasteiger partial charge is 0.377 e. The van der Waals surface area contributed by atoms with Crippen LogP contribution >= 0.6 is 15.9 Å². The zero-order valence-corrected chi connectivity index (χ0v) is 14.3. The first kappa shape index (κ1) is 15.6. The van der Waals surface area contributed by atoms with Crippen LogP contribution in [0, 0.1) is 13.8 Å². The van der Waals surface area contributed by atoms with Gasteiger partial charge >= 0.3 is 0 Å². The normalized spacial score (nSPS) is 10.3. The van der Waals surface area contributed by atoms with E-state index in [4.69, 9.17) is 0 Å². The quantitative estimate of drug-likeness (QED) is 0.893. The number of rotatable bonds is 3. The highest BCUT2D eigenvalue weighted by atomic mass is 79.9. The van der Waals surface area contributed by atoms with Crippen molar-refractivity contribution in [1.82, 2.24) is 0 Å². The highest BCUT2D eigenvalue weighted by molar-refractivity contribution is 9.10. The number of anilines is 2. The van der Waals surface area contributed by atoms with Crippen LogP contribution in [0.4, 0.5) is 11.4 Å². The summed E-state index contributed by atoms with van der Waals surface area (Å²) in [5.74, 6) is -0.0950. The second kappa shape index (κ2) is 6.31. The fraction of sp³-hybridized carbons (Fsp3) is 0.235. The number of carbonyl (C=O) groups is 1. The Labute approximate surface area is 134 Å². The Kier molecular flexibility index (Phi) is 4.68. The molecule has 0 bridgehead atoms. The molecule has 0 heterocycles. The molecule has 0 aliphatic heterocycles. The Balaban J connectivity index is 2.27. The van der Waals surface area contributed by atoms with Crippen molar-refractivity contribution in [3.05, 3.63) is 57.6 Å². The maximum Gasteiger partial charge on any atom is 0.255 e. The Hall–Kier alpha value is -1.81. The van der Waals surface area contributed by atoms with Crippen LogP contribution in [0.15, 0.2) is 40.9 Å². The average Bonchev–Trinajstić information content (AvgIpc) is 2.43. The van der Waals surface area contributed by atoms with Gasteiger partial charge in [-0.25, -0.2) is 0 Å². The second-order valence-electron chi connectivity index (χ2n) is 5.31. The monoisotopic (exact) mass is 346 g/mol. The van der Waals surface area contributed by atoms with Gasteiger partial charge in [-0.1, -0.05) is 28.1 Å². The van der Waals surface area contributed by atoms with Crippen LogP contribution in [0.1, 0.15) is 21.5 Å². The lowest BCUT2D eigenvalue weighted by molar-refractivity contribution is 0.102. The molecule has 1 amide bonds. The van der Waals surface area contributed by atoms with Gasteiger partial charge in [0, 0.05) is 35.5 Å². The molecule has 21 heavy (non-hydrogen) atoms. The van der Waals surface area contributed by atoms with E-state index in [0.29, 0.717) is 5.56 Å². The molecule has 0 saturated carbocycles. The Bertz CT molecular complexity index is 680. The van der Waals surface area contributed by atoms with Crippen molar-refractivity contribution in [2.24, 2.45) is 0 Å². The molecule has 0 spiro atoms. The number of carbonyl (C=O) groups excluding carboxylic acids is 1. The lowest BCUT2D eigenvalue weighted by atomic mass is 10.1. The summed E-state index contributed by atoms with van der Waals surface area (Å²) >= 11 is 3.40. The number of amides is 1. The van der Waals surface area contributed by atoms with E-state index < -0.39 is 0 Å². The molecular weight excluding hydrogens is 328 g/mol. The first-order valence-electron chi connectivity index (χ1n) is 6.74. The Morgan fingerprint density at radius 2 is 1.71 bits per heavy atom. The third-order valence-electron chi connectivity index (χ3n) is 3.39. The molecule has 0 radical (unpaired) electrons. The number of halogens is 1. The van der Waals surface area contributed by atoms with Gasteiger partial charge in [-0.05, 0) is 49.2 Å². The standard InChI is InChI=1S/C17H19BrN2O/c1-11-5-7-13(18)9-15(11)17(21)19-14-8-6-12(2)16(10-14)20(3)4/h5-10H,1-4H3,(H,19,21). The van der Waals surface area contributed by atoms with E-state index in [1.807, 2.05) is 62.3 Å². The first-order valence-corrected chi connectivity index (χ1v) is 7.53. The molecule has 2 aromatic carbocycles. The molecule has 2 aromatic rings. The molecule has 0 unspecified atom stereocenters. The van der Waals surface area contributed by atoms with E-state index in [1.165, 1.54) is 5.56 Å². The van der Waals surface area contributed by atoms with E-state index in [1.54, 1.807) is 0 Å². The number of aryl methyl sites for hydroxylation is 2. The van der Waals surface area contributed by atoms with E-state index in [2.05, 4.69) is 28.2 Å². The molecule has 0 saturated heterocycles.